The van der Waals surface area contributed by atoms with Gasteiger partial charge in [-0.1, -0.05) is 47.1 Å². The minimum atomic E-state index is 1.32. The van der Waals surface area contributed by atoms with E-state index in [0.29, 0.717) is 0 Å². The summed E-state index contributed by atoms with van der Waals surface area (Å²) in [5.74, 6) is 0. The Hall–Kier alpha value is -0.740. The molecule has 0 aromatic heterocycles. The summed E-state index contributed by atoms with van der Waals surface area (Å²) in [5.41, 5.74) is 2.56. The molecule has 0 saturated heterocycles. The molecule has 0 nitrogen and oxygen atoms in total. The molecule has 12 heavy (non-hydrogen) atoms. The summed E-state index contributed by atoms with van der Waals surface area (Å²) in [6.45, 7) is 19.5. The first-order valence-electron chi connectivity index (χ1n) is 4.63. The Morgan fingerprint density at radius 1 is 1.08 bits per heavy atom. The molecule has 0 spiro atoms. The fraction of sp³-hybridized carbons (Fsp3) is 0.583. The minimum absolute atomic E-state index is 1.32. The predicted octanol–water partition coefficient (Wildman–Crippen LogP) is 4.98. The SMILES string of the molecule is C=C.C=C=CC.CC.CCCC. The van der Waals surface area contributed by atoms with E-state index in [9.17, 15) is 0 Å². The minimum Gasteiger partial charge on any atom is -0.133 e. The highest BCUT2D eigenvalue weighted by Gasteiger charge is 1.56. The van der Waals surface area contributed by atoms with Crippen LogP contribution in [0.1, 0.15) is 47.5 Å². The number of hydrogen-bond acceptors (Lipinski definition) is 0. The molecule has 0 amide bonds. The highest BCUT2D eigenvalue weighted by Crippen LogP contribution is 1.76. The van der Waals surface area contributed by atoms with Gasteiger partial charge in [0, 0.05) is 0 Å². The molecular formula is C12H26. The van der Waals surface area contributed by atoms with Crippen LogP contribution in [0.5, 0.6) is 0 Å². The van der Waals surface area contributed by atoms with Gasteiger partial charge in [-0.2, -0.15) is 0 Å². The average molecular weight is 170 g/mol. The first-order chi connectivity index (χ1) is 5.83. The van der Waals surface area contributed by atoms with E-state index in [0.717, 1.165) is 0 Å². The lowest BCUT2D eigenvalue weighted by Crippen LogP contribution is -1.47. The quantitative estimate of drug-likeness (QED) is 0.384. The molecule has 0 heterocycles. The third-order valence-corrected chi connectivity index (χ3v) is 0.704. The standard InChI is InChI=1S/C4H10.C4H6.C2H6.C2H4/c2*1-3-4-2;2*1-2/h3-4H2,1-2H3;4H,1H2,2H3;1-2H3;1-2H2. The highest BCUT2D eigenvalue weighted by molar-refractivity contribution is 4.67. The van der Waals surface area contributed by atoms with Gasteiger partial charge in [-0.25, -0.2) is 0 Å². The topological polar surface area (TPSA) is 0 Å². The number of unbranched alkanes of at least 4 members (excludes halogenated alkanes) is 1. The van der Waals surface area contributed by atoms with Crippen molar-refractivity contribution in [2.24, 2.45) is 0 Å². The van der Waals surface area contributed by atoms with Crippen LogP contribution in [0.2, 0.25) is 0 Å². The van der Waals surface area contributed by atoms with Crippen LogP contribution < -0.4 is 0 Å². The lowest BCUT2D eigenvalue weighted by atomic mass is 10.4. The van der Waals surface area contributed by atoms with Crippen molar-refractivity contribution in [1.29, 1.82) is 0 Å². The van der Waals surface area contributed by atoms with Crippen LogP contribution in [-0.2, 0) is 0 Å². The molecule has 74 valence electrons. The Morgan fingerprint density at radius 2 is 1.25 bits per heavy atom. The summed E-state index contributed by atoms with van der Waals surface area (Å²) in [7, 11) is 0. The van der Waals surface area contributed by atoms with Crippen LogP contribution in [0.15, 0.2) is 31.5 Å². The molecule has 0 saturated carbocycles. The molecule has 0 aromatic carbocycles. The Bertz CT molecular complexity index is 64.1. The summed E-state index contributed by atoms with van der Waals surface area (Å²) in [6.07, 6.45) is 4.40. The second kappa shape index (κ2) is 82.8. The van der Waals surface area contributed by atoms with Gasteiger partial charge in [-0.05, 0) is 13.0 Å². The van der Waals surface area contributed by atoms with E-state index in [4.69, 9.17) is 0 Å². The third kappa shape index (κ3) is 398. The molecule has 0 heteroatoms. The van der Waals surface area contributed by atoms with Crippen molar-refractivity contribution in [3.8, 4) is 0 Å². The Labute approximate surface area is 79.7 Å². The number of allylic oxidation sites excluding steroid dienone is 1. The van der Waals surface area contributed by atoms with Gasteiger partial charge in [0.1, 0.15) is 0 Å². The second-order valence-corrected chi connectivity index (χ2v) is 1.49. The summed E-state index contributed by atoms with van der Waals surface area (Å²) in [6, 6.07) is 0. The molecular weight excluding hydrogens is 144 g/mol. The summed E-state index contributed by atoms with van der Waals surface area (Å²) >= 11 is 0. The monoisotopic (exact) mass is 170 g/mol. The lowest BCUT2D eigenvalue weighted by molar-refractivity contribution is 0.886. The maximum atomic E-state index is 3.30. The van der Waals surface area contributed by atoms with Crippen molar-refractivity contribution >= 4 is 0 Å². The van der Waals surface area contributed by atoms with Gasteiger partial charge in [0.05, 0.1) is 0 Å². The van der Waals surface area contributed by atoms with Gasteiger partial charge in [0.25, 0.3) is 0 Å². The van der Waals surface area contributed by atoms with Crippen LogP contribution >= 0.6 is 0 Å². The van der Waals surface area contributed by atoms with E-state index in [1.807, 2.05) is 20.8 Å². The van der Waals surface area contributed by atoms with Crippen LogP contribution in [0, 0.1) is 0 Å². The zero-order valence-electron chi connectivity index (χ0n) is 9.61. The van der Waals surface area contributed by atoms with Gasteiger partial charge >= 0.3 is 0 Å². The Kier molecular flexibility index (Phi) is 155. The van der Waals surface area contributed by atoms with Gasteiger partial charge in [0.2, 0.25) is 0 Å². The maximum Gasteiger partial charge on any atom is -0.0393 e. The van der Waals surface area contributed by atoms with E-state index >= 15 is 0 Å². The molecule has 0 unspecified atom stereocenters. The van der Waals surface area contributed by atoms with Crippen molar-refractivity contribution in [3.63, 3.8) is 0 Å². The van der Waals surface area contributed by atoms with Crippen molar-refractivity contribution in [1.82, 2.24) is 0 Å². The van der Waals surface area contributed by atoms with Crippen molar-refractivity contribution < 1.29 is 0 Å². The molecule has 0 aliphatic rings. The van der Waals surface area contributed by atoms with Gasteiger partial charge in [-0.15, -0.1) is 18.9 Å². The molecule has 0 atom stereocenters. The summed E-state index contributed by atoms with van der Waals surface area (Å²) < 4.78 is 0. The first-order valence-corrected chi connectivity index (χ1v) is 4.63. The van der Waals surface area contributed by atoms with Gasteiger partial charge in [-0.3, -0.25) is 0 Å². The van der Waals surface area contributed by atoms with Gasteiger partial charge in [0.15, 0.2) is 0 Å². The Morgan fingerprint density at radius 3 is 1.25 bits per heavy atom. The van der Waals surface area contributed by atoms with Crippen LogP contribution in [-0.4, -0.2) is 0 Å². The zero-order chi connectivity index (χ0) is 10.8. The molecule has 0 radical (unpaired) electrons. The maximum absolute atomic E-state index is 3.30. The van der Waals surface area contributed by atoms with Crippen molar-refractivity contribution in [2.45, 2.75) is 47.5 Å². The van der Waals surface area contributed by atoms with Crippen LogP contribution in [0.4, 0.5) is 0 Å². The highest BCUT2D eigenvalue weighted by atomic mass is 13.6. The number of rotatable bonds is 1. The molecule has 0 fully saturated rings. The third-order valence-electron chi connectivity index (χ3n) is 0.704. The van der Waals surface area contributed by atoms with E-state index < -0.39 is 0 Å². The van der Waals surface area contributed by atoms with E-state index in [-0.39, 0.29) is 0 Å². The molecule has 0 aliphatic carbocycles. The van der Waals surface area contributed by atoms with E-state index in [1.54, 1.807) is 6.08 Å². The molecule has 0 N–H and O–H groups in total. The largest absolute Gasteiger partial charge is 0.133 e. The molecule has 0 aromatic rings. The van der Waals surface area contributed by atoms with Crippen LogP contribution in [0.25, 0.3) is 0 Å². The van der Waals surface area contributed by atoms with E-state index in [1.165, 1.54) is 12.8 Å². The van der Waals surface area contributed by atoms with Crippen molar-refractivity contribution in [2.75, 3.05) is 0 Å². The summed E-state index contributed by atoms with van der Waals surface area (Å²) in [4.78, 5) is 0. The lowest BCUT2D eigenvalue weighted by Gasteiger charge is -1.68. The smallest absolute Gasteiger partial charge is 0.0393 e. The van der Waals surface area contributed by atoms with Crippen LogP contribution in [0.3, 0.4) is 0 Å². The predicted molar refractivity (Wildman–Crippen MR) is 62.6 cm³/mol. The normalized spacial score (nSPS) is 4.75. The first kappa shape index (κ1) is 22.5. The zero-order valence-corrected chi connectivity index (χ0v) is 9.61. The molecule has 0 rings (SSSR count). The van der Waals surface area contributed by atoms with Gasteiger partial charge < -0.3 is 0 Å². The molecule has 0 aliphatic heterocycles. The molecule has 0 bridgehead atoms. The fourth-order valence-corrected chi connectivity index (χ4v) is 0. The number of hydrogen-bond donors (Lipinski definition) is 0. The van der Waals surface area contributed by atoms with Crippen molar-refractivity contribution in [3.05, 3.63) is 31.5 Å². The second-order valence-electron chi connectivity index (χ2n) is 1.49. The summed E-state index contributed by atoms with van der Waals surface area (Å²) in [5, 5.41) is 0. The fourth-order valence-electron chi connectivity index (χ4n) is 0. The average Bonchev–Trinajstić information content (AvgIpc) is 2.23. The Balaban J connectivity index is -0.0000000380. The van der Waals surface area contributed by atoms with E-state index in [2.05, 4.69) is 39.3 Å².